The van der Waals surface area contributed by atoms with Gasteiger partial charge in [0.2, 0.25) is 10.0 Å². The number of carboxylic acids is 1. The fraction of sp³-hybridized carbons (Fsp3) is 0.346. The average molecular weight is 552 g/mol. The Morgan fingerprint density at radius 3 is 2.43 bits per heavy atom. The summed E-state index contributed by atoms with van der Waals surface area (Å²) in [4.78, 5) is 14.0. The minimum atomic E-state index is -4.13. The molecule has 3 aromatic carbocycles. The van der Waals surface area contributed by atoms with Crippen LogP contribution in [0.25, 0.3) is 10.8 Å². The Bertz CT molecular complexity index is 1300. The molecule has 3 N–H and O–H groups in total. The number of piperazine rings is 1. The van der Waals surface area contributed by atoms with Crippen LogP contribution in [-0.2, 0) is 21.2 Å². The third kappa shape index (κ3) is 8.11. The van der Waals surface area contributed by atoms with Crippen molar-refractivity contribution in [3.63, 3.8) is 0 Å². The summed E-state index contributed by atoms with van der Waals surface area (Å²) in [7, 11) is -4.13. The van der Waals surface area contributed by atoms with Gasteiger partial charge < -0.3 is 20.1 Å². The fourth-order valence-electron chi connectivity index (χ4n) is 4.19. The first-order chi connectivity index (χ1) is 17.3. The van der Waals surface area contributed by atoms with Crippen LogP contribution in [0.15, 0.2) is 65.6 Å². The molecular formula is C26H31ClFN3O5S. The lowest BCUT2D eigenvalue weighted by Crippen LogP contribution is -2.43. The third-order valence-electron chi connectivity index (χ3n) is 6.13. The fourth-order valence-corrected chi connectivity index (χ4v) is 5.38. The van der Waals surface area contributed by atoms with Crippen molar-refractivity contribution in [2.24, 2.45) is 0 Å². The monoisotopic (exact) mass is 551 g/mol. The molecule has 0 aliphatic carbocycles. The number of halogens is 2. The molecule has 3 aromatic rings. The number of carboxylic acid groups (broad SMARTS) is 1. The van der Waals surface area contributed by atoms with Gasteiger partial charge in [0.05, 0.1) is 11.5 Å². The van der Waals surface area contributed by atoms with Crippen LogP contribution in [0.3, 0.4) is 0 Å². The number of aliphatic carboxylic acids is 1. The number of nitrogens with one attached hydrogen (secondary N) is 2. The molecule has 200 valence electrons. The number of ether oxygens (including phenoxy) is 1. The maximum absolute atomic E-state index is 13.1. The largest absolute Gasteiger partial charge is 0.494 e. The summed E-state index contributed by atoms with van der Waals surface area (Å²) in [5.41, 5.74) is 0.668. The molecule has 37 heavy (non-hydrogen) atoms. The molecule has 8 nitrogen and oxygen atoms in total. The van der Waals surface area contributed by atoms with Crippen LogP contribution in [0.5, 0.6) is 5.75 Å². The molecule has 0 spiro atoms. The van der Waals surface area contributed by atoms with Crippen molar-refractivity contribution in [1.29, 1.82) is 0 Å². The number of fused-ring (bicyclic) bond motifs is 1. The molecule has 4 rings (SSSR count). The van der Waals surface area contributed by atoms with Gasteiger partial charge in [0.15, 0.2) is 0 Å². The highest BCUT2D eigenvalue weighted by atomic mass is 35.5. The maximum Gasteiger partial charge on any atom is 0.322 e. The molecule has 1 heterocycles. The zero-order valence-corrected chi connectivity index (χ0v) is 21.9. The number of hydrogen-bond acceptors (Lipinski definition) is 6. The van der Waals surface area contributed by atoms with E-state index in [4.69, 9.17) is 4.74 Å². The van der Waals surface area contributed by atoms with Gasteiger partial charge in [-0.2, -0.15) is 4.72 Å². The van der Waals surface area contributed by atoms with Crippen LogP contribution >= 0.6 is 12.4 Å². The van der Waals surface area contributed by atoms with Crippen LogP contribution in [0.1, 0.15) is 12.0 Å². The first kappa shape index (κ1) is 28.8. The normalized spacial score (nSPS) is 15.2. The van der Waals surface area contributed by atoms with Crippen LogP contribution in [-0.4, -0.2) is 69.8 Å². The molecule has 1 aliphatic rings. The Labute approximate surface area is 222 Å². The van der Waals surface area contributed by atoms with Gasteiger partial charge in [-0.25, -0.2) is 12.8 Å². The summed E-state index contributed by atoms with van der Waals surface area (Å²) in [6, 6.07) is 14.0. The van der Waals surface area contributed by atoms with E-state index in [2.05, 4.69) is 14.9 Å². The Morgan fingerprint density at radius 2 is 1.73 bits per heavy atom. The lowest BCUT2D eigenvalue weighted by Gasteiger charge is -2.26. The summed E-state index contributed by atoms with van der Waals surface area (Å²) < 4.78 is 46.4. The average Bonchev–Trinajstić information content (AvgIpc) is 2.87. The zero-order chi connectivity index (χ0) is 25.5. The second kappa shape index (κ2) is 13.2. The van der Waals surface area contributed by atoms with Crippen molar-refractivity contribution in [3.05, 3.63) is 72.0 Å². The zero-order valence-electron chi connectivity index (χ0n) is 20.2. The molecule has 0 bridgehead atoms. The van der Waals surface area contributed by atoms with Crippen molar-refractivity contribution in [3.8, 4) is 5.75 Å². The van der Waals surface area contributed by atoms with E-state index >= 15 is 0 Å². The SMILES string of the molecule is Cl.O=C(O)C(Cc1ccc2cc(OCCCN3CCNCC3)ccc2c1)NS(=O)(=O)c1ccc(F)cc1. The molecule has 0 aromatic heterocycles. The number of carbonyl (C=O) groups is 1. The van der Waals surface area contributed by atoms with Gasteiger partial charge in [0, 0.05) is 32.7 Å². The predicted octanol–water partition coefficient (Wildman–Crippen LogP) is 3.05. The van der Waals surface area contributed by atoms with Crippen molar-refractivity contribution in [2.75, 3.05) is 39.3 Å². The van der Waals surface area contributed by atoms with E-state index < -0.39 is 27.9 Å². The first-order valence-corrected chi connectivity index (χ1v) is 13.4. The summed E-state index contributed by atoms with van der Waals surface area (Å²) in [5.74, 6) is -1.11. The summed E-state index contributed by atoms with van der Waals surface area (Å²) in [6.07, 6.45) is 0.900. The van der Waals surface area contributed by atoms with E-state index in [0.29, 0.717) is 12.2 Å². The lowest BCUT2D eigenvalue weighted by molar-refractivity contribution is -0.138. The molecule has 1 unspecified atom stereocenters. The second-order valence-electron chi connectivity index (χ2n) is 8.81. The van der Waals surface area contributed by atoms with Crippen LogP contribution in [0, 0.1) is 5.82 Å². The lowest BCUT2D eigenvalue weighted by atomic mass is 10.0. The quantitative estimate of drug-likeness (QED) is 0.314. The highest BCUT2D eigenvalue weighted by Crippen LogP contribution is 2.23. The van der Waals surface area contributed by atoms with E-state index in [9.17, 15) is 22.7 Å². The molecular weight excluding hydrogens is 521 g/mol. The Morgan fingerprint density at radius 1 is 1.05 bits per heavy atom. The Hall–Kier alpha value is -2.76. The number of nitrogens with zero attached hydrogens (tertiary/aromatic N) is 1. The van der Waals surface area contributed by atoms with Gasteiger partial charge in [0.25, 0.3) is 0 Å². The van der Waals surface area contributed by atoms with Gasteiger partial charge in [0.1, 0.15) is 17.6 Å². The standard InChI is InChI=1S/C26H30FN3O5S.ClH/c27-22-5-8-24(9-6-22)36(33,34)29-25(26(31)32)17-19-2-3-21-18-23(7-4-20(21)16-19)35-15-1-12-30-13-10-28-11-14-30;/h2-9,16,18,25,28-29H,1,10-15,17H2,(H,31,32);1H. The van der Waals surface area contributed by atoms with Crippen LogP contribution in [0.2, 0.25) is 0 Å². The number of hydrogen-bond donors (Lipinski definition) is 3. The van der Waals surface area contributed by atoms with Crippen molar-refractivity contribution >= 4 is 39.2 Å². The van der Waals surface area contributed by atoms with E-state index in [-0.39, 0.29) is 23.7 Å². The Balaban J connectivity index is 0.00000380. The summed E-state index contributed by atoms with van der Waals surface area (Å²) >= 11 is 0. The van der Waals surface area contributed by atoms with Crippen molar-refractivity contribution in [2.45, 2.75) is 23.8 Å². The predicted molar refractivity (Wildman–Crippen MR) is 142 cm³/mol. The smallest absolute Gasteiger partial charge is 0.322 e. The molecule has 0 amide bonds. The second-order valence-corrected chi connectivity index (χ2v) is 10.5. The number of rotatable bonds is 11. The minimum Gasteiger partial charge on any atom is -0.494 e. The van der Waals surface area contributed by atoms with Crippen molar-refractivity contribution < 1.29 is 27.4 Å². The third-order valence-corrected chi connectivity index (χ3v) is 7.62. The van der Waals surface area contributed by atoms with E-state index in [1.807, 2.05) is 30.3 Å². The van der Waals surface area contributed by atoms with Gasteiger partial charge in [-0.15, -0.1) is 12.4 Å². The van der Waals surface area contributed by atoms with Gasteiger partial charge >= 0.3 is 5.97 Å². The molecule has 11 heteroatoms. The summed E-state index contributed by atoms with van der Waals surface area (Å²) in [6.45, 7) is 5.82. The Kier molecular flexibility index (Phi) is 10.2. The van der Waals surface area contributed by atoms with Gasteiger partial charge in [-0.05, 0) is 65.6 Å². The highest BCUT2D eigenvalue weighted by molar-refractivity contribution is 7.89. The number of benzene rings is 3. The molecule has 1 aliphatic heterocycles. The van der Waals surface area contributed by atoms with E-state index in [1.54, 1.807) is 6.07 Å². The molecule has 1 atom stereocenters. The minimum absolute atomic E-state index is 0. The van der Waals surface area contributed by atoms with Crippen LogP contribution in [0.4, 0.5) is 4.39 Å². The molecule has 1 fully saturated rings. The number of sulfonamides is 1. The van der Waals surface area contributed by atoms with E-state index in [0.717, 1.165) is 79.9 Å². The highest BCUT2D eigenvalue weighted by Gasteiger charge is 2.26. The maximum atomic E-state index is 13.1. The van der Waals surface area contributed by atoms with Crippen molar-refractivity contribution in [1.82, 2.24) is 14.9 Å². The molecule has 0 saturated carbocycles. The van der Waals surface area contributed by atoms with Gasteiger partial charge in [-0.1, -0.05) is 24.3 Å². The van der Waals surface area contributed by atoms with E-state index in [1.165, 1.54) is 0 Å². The van der Waals surface area contributed by atoms with Crippen LogP contribution < -0.4 is 14.8 Å². The molecule has 0 radical (unpaired) electrons. The molecule has 1 saturated heterocycles. The first-order valence-electron chi connectivity index (χ1n) is 11.9. The summed E-state index contributed by atoms with van der Waals surface area (Å²) in [5, 5.41) is 14.8. The van der Waals surface area contributed by atoms with Gasteiger partial charge in [-0.3, -0.25) is 4.79 Å². The topological polar surface area (TPSA) is 108 Å².